The molecule has 4 heterocycles. The summed E-state index contributed by atoms with van der Waals surface area (Å²) in [5.74, 6) is -0.280. The first-order valence-corrected chi connectivity index (χ1v) is 10.2. The molecule has 0 radical (unpaired) electrons. The Labute approximate surface area is 169 Å². The predicted molar refractivity (Wildman–Crippen MR) is 114 cm³/mol. The van der Waals surface area contributed by atoms with Gasteiger partial charge in [-0.05, 0) is 35.1 Å². The first-order valence-electron chi connectivity index (χ1n) is 8.46. The van der Waals surface area contributed by atoms with Crippen molar-refractivity contribution in [3.8, 4) is 16.3 Å². The van der Waals surface area contributed by atoms with Crippen LogP contribution in [0.15, 0.2) is 76.2 Å². The van der Waals surface area contributed by atoms with Crippen LogP contribution in [-0.2, 0) is 4.79 Å². The lowest BCUT2D eigenvalue weighted by atomic mass is 10.1. The number of benzene rings is 1. The number of carbonyl (C=O) groups excluding carboxylic acids is 1. The molecular weight excluding hydrogens is 390 g/mol. The number of carbonyl (C=O) groups is 1. The Morgan fingerprint density at radius 3 is 2.75 bits per heavy atom. The van der Waals surface area contributed by atoms with Gasteiger partial charge in [0.2, 0.25) is 0 Å². The summed E-state index contributed by atoms with van der Waals surface area (Å²) in [6.07, 6.45) is 5.34. The van der Waals surface area contributed by atoms with Gasteiger partial charge in [0.05, 0.1) is 16.1 Å². The lowest BCUT2D eigenvalue weighted by molar-refractivity contribution is -0.114. The summed E-state index contributed by atoms with van der Waals surface area (Å²) in [5, 5.41) is 17.5. The smallest absolute Gasteiger partial charge is 0.283 e. The SMILES string of the molecule is N=C1/C(=C/c2cn(-c3ccccc3)nc2-c2cccs2)C(=O)N=C2SC=CN12. The number of hydrogen-bond acceptors (Lipinski definition) is 5. The molecule has 2 aliphatic heterocycles. The molecule has 0 bridgehead atoms. The van der Waals surface area contributed by atoms with E-state index in [0.717, 1.165) is 21.8 Å². The zero-order chi connectivity index (χ0) is 19.1. The minimum Gasteiger partial charge on any atom is -0.283 e. The number of amidine groups is 2. The third-order valence-electron chi connectivity index (χ3n) is 4.33. The number of hydrogen-bond donors (Lipinski definition) is 1. The minimum atomic E-state index is -0.406. The van der Waals surface area contributed by atoms with Crippen LogP contribution in [0.3, 0.4) is 0 Å². The molecular formula is C20H13N5OS2. The molecule has 1 N–H and O–H groups in total. The van der Waals surface area contributed by atoms with Gasteiger partial charge in [-0.15, -0.1) is 11.3 Å². The molecule has 28 heavy (non-hydrogen) atoms. The minimum absolute atomic E-state index is 0.126. The van der Waals surface area contributed by atoms with Gasteiger partial charge in [-0.3, -0.25) is 15.1 Å². The van der Waals surface area contributed by atoms with E-state index in [4.69, 9.17) is 10.5 Å². The van der Waals surface area contributed by atoms with Gasteiger partial charge in [0.25, 0.3) is 5.91 Å². The van der Waals surface area contributed by atoms with Crippen molar-refractivity contribution >= 4 is 46.1 Å². The van der Waals surface area contributed by atoms with E-state index in [9.17, 15) is 4.79 Å². The molecule has 0 unspecified atom stereocenters. The fourth-order valence-electron chi connectivity index (χ4n) is 3.00. The Balaban J connectivity index is 1.64. The number of nitrogens with one attached hydrogen (secondary N) is 1. The van der Waals surface area contributed by atoms with Crippen LogP contribution < -0.4 is 0 Å². The fraction of sp³-hybridized carbons (Fsp3) is 0. The summed E-state index contributed by atoms with van der Waals surface area (Å²) in [4.78, 5) is 19.3. The summed E-state index contributed by atoms with van der Waals surface area (Å²) in [5.41, 5.74) is 2.72. The van der Waals surface area contributed by atoms with E-state index in [2.05, 4.69) is 4.99 Å². The molecule has 0 saturated carbocycles. The van der Waals surface area contributed by atoms with Crippen LogP contribution in [0.1, 0.15) is 5.56 Å². The van der Waals surface area contributed by atoms with Gasteiger partial charge in [-0.25, -0.2) is 4.68 Å². The zero-order valence-electron chi connectivity index (χ0n) is 14.4. The second kappa shape index (κ2) is 6.74. The maximum atomic E-state index is 12.5. The van der Waals surface area contributed by atoms with Crippen molar-refractivity contribution in [2.75, 3.05) is 0 Å². The third kappa shape index (κ3) is 2.83. The van der Waals surface area contributed by atoms with E-state index < -0.39 is 5.91 Å². The van der Waals surface area contributed by atoms with Crippen molar-refractivity contribution in [1.82, 2.24) is 14.7 Å². The van der Waals surface area contributed by atoms with E-state index in [1.165, 1.54) is 11.8 Å². The van der Waals surface area contributed by atoms with Gasteiger partial charge in [-0.2, -0.15) is 10.1 Å². The average molecular weight is 403 g/mol. The van der Waals surface area contributed by atoms with Gasteiger partial charge in [0.15, 0.2) is 5.17 Å². The van der Waals surface area contributed by atoms with E-state index in [1.54, 1.807) is 33.2 Å². The molecule has 1 amide bonds. The highest BCUT2D eigenvalue weighted by molar-refractivity contribution is 8.16. The van der Waals surface area contributed by atoms with Crippen molar-refractivity contribution < 1.29 is 4.79 Å². The van der Waals surface area contributed by atoms with Crippen molar-refractivity contribution in [1.29, 1.82) is 5.41 Å². The summed E-state index contributed by atoms with van der Waals surface area (Å²) in [6, 6.07) is 13.8. The molecule has 2 aliphatic rings. The van der Waals surface area contributed by atoms with Crippen LogP contribution in [0, 0.1) is 5.41 Å². The molecule has 5 rings (SSSR count). The predicted octanol–water partition coefficient (Wildman–Crippen LogP) is 4.38. The molecule has 3 aromatic rings. The second-order valence-electron chi connectivity index (χ2n) is 6.07. The largest absolute Gasteiger partial charge is 0.283 e. The number of thiophene rings is 1. The Morgan fingerprint density at radius 1 is 1.11 bits per heavy atom. The van der Waals surface area contributed by atoms with Crippen LogP contribution in [-0.4, -0.2) is 31.6 Å². The molecule has 0 saturated heterocycles. The summed E-state index contributed by atoms with van der Waals surface area (Å²) in [7, 11) is 0. The molecule has 0 fully saturated rings. The van der Waals surface area contributed by atoms with Crippen molar-refractivity contribution in [2.24, 2.45) is 4.99 Å². The summed E-state index contributed by atoms with van der Waals surface area (Å²) in [6.45, 7) is 0. The molecule has 136 valence electrons. The van der Waals surface area contributed by atoms with Crippen LogP contribution in [0.25, 0.3) is 22.3 Å². The van der Waals surface area contributed by atoms with Gasteiger partial charge in [-0.1, -0.05) is 36.0 Å². The van der Waals surface area contributed by atoms with Gasteiger partial charge in [0, 0.05) is 18.0 Å². The number of para-hydroxylation sites is 1. The number of fused-ring (bicyclic) bond motifs is 1. The zero-order valence-corrected chi connectivity index (χ0v) is 16.1. The lowest BCUT2D eigenvalue weighted by Gasteiger charge is -2.22. The molecule has 0 atom stereocenters. The number of aromatic nitrogens is 2. The van der Waals surface area contributed by atoms with Crippen LogP contribution in [0.4, 0.5) is 0 Å². The Bertz CT molecular complexity index is 1170. The standard InChI is InChI=1S/C20H13N5OS2/c21-18-15(19(26)22-20-24(18)8-10-28-20)11-13-12-25(14-5-2-1-3-6-14)23-17(13)16-7-4-9-27-16/h1-12,21H/b15-11-,21-18?. The lowest BCUT2D eigenvalue weighted by Crippen LogP contribution is -2.35. The van der Waals surface area contributed by atoms with Crippen LogP contribution in [0.5, 0.6) is 0 Å². The average Bonchev–Trinajstić information content (AvgIpc) is 3.45. The van der Waals surface area contributed by atoms with Gasteiger partial charge < -0.3 is 0 Å². The second-order valence-corrected chi connectivity index (χ2v) is 7.89. The Kier molecular flexibility index (Phi) is 4.07. The van der Waals surface area contributed by atoms with Gasteiger partial charge in [0.1, 0.15) is 11.5 Å². The molecule has 2 aromatic heterocycles. The van der Waals surface area contributed by atoms with E-state index in [1.807, 2.05) is 59.4 Å². The quantitative estimate of drug-likeness (QED) is 0.659. The molecule has 0 aliphatic carbocycles. The molecule has 1 aromatic carbocycles. The first kappa shape index (κ1) is 16.9. The maximum absolute atomic E-state index is 12.5. The fourth-order valence-corrected chi connectivity index (χ4v) is 4.43. The van der Waals surface area contributed by atoms with E-state index in [-0.39, 0.29) is 11.4 Å². The third-order valence-corrected chi connectivity index (χ3v) is 5.96. The Morgan fingerprint density at radius 2 is 1.96 bits per heavy atom. The van der Waals surface area contributed by atoms with Crippen molar-refractivity contribution in [3.05, 3.63) is 76.8 Å². The maximum Gasteiger partial charge on any atom is 0.283 e. The topological polar surface area (TPSA) is 74.3 Å². The van der Waals surface area contributed by atoms with Crippen molar-refractivity contribution in [3.63, 3.8) is 0 Å². The van der Waals surface area contributed by atoms with Crippen LogP contribution in [0.2, 0.25) is 0 Å². The van der Waals surface area contributed by atoms with Crippen LogP contribution >= 0.6 is 23.1 Å². The molecule has 8 heteroatoms. The van der Waals surface area contributed by atoms with Gasteiger partial charge >= 0.3 is 0 Å². The monoisotopic (exact) mass is 403 g/mol. The number of nitrogens with zero attached hydrogens (tertiary/aromatic N) is 4. The molecule has 6 nitrogen and oxygen atoms in total. The molecule has 0 spiro atoms. The Hall–Kier alpha value is -3.23. The van der Waals surface area contributed by atoms with Crippen molar-refractivity contribution in [2.45, 2.75) is 0 Å². The number of aliphatic imine (C=N–C) groups is 1. The first-order chi connectivity index (χ1) is 13.7. The number of rotatable bonds is 3. The highest BCUT2D eigenvalue weighted by atomic mass is 32.2. The highest BCUT2D eigenvalue weighted by Crippen LogP contribution is 2.32. The number of amides is 1. The number of thioether (sulfide) groups is 1. The normalized spacial score (nSPS) is 17.4. The summed E-state index contributed by atoms with van der Waals surface area (Å²) < 4.78 is 1.79. The van der Waals surface area contributed by atoms with E-state index in [0.29, 0.717) is 5.17 Å². The summed E-state index contributed by atoms with van der Waals surface area (Å²) >= 11 is 2.92. The van der Waals surface area contributed by atoms with E-state index >= 15 is 0 Å². The highest BCUT2D eigenvalue weighted by Gasteiger charge is 2.31.